The molecule has 0 bridgehead atoms. The second-order valence-electron chi connectivity index (χ2n) is 2.61. The van der Waals surface area contributed by atoms with E-state index in [-0.39, 0.29) is 15.7 Å². The van der Waals surface area contributed by atoms with Crippen LogP contribution >= 0.6 is 15.9 Å². The van der Waals surface area contributed by atoms with Crippen molar-refractivity contribution in [3.8, 4) is 0 Å². The first-order chi connectivity index (χ1) is 6.61. The van der Waals surface area contributed by atoms with Gasteiger partial charge in [-0.3, -0.25) is 15.2 Å². The Kier molecular flexibility index (Phi) is 1.95. The number of rotatable bonds is 1. The zero-order valence-electron chi connectivity index (χ0n) is 6.62. The zero-order valence-corrected chi connectivity index (χ0v) is 8.21. The molecule has 0 aliphatic heterocycles. The molecule has 0 saturated heterocycles. The van der Waals surface area contributed by atoms with Crippen LogP contribution in [-0.2, 0) is 0 Å². The molecule has 0 saturated carbocycles. The van der Waals surface area contributed by atoms with E-state index in [0.717, 1.165) is 6.07 Å². The standard InChI is InChI=1S/C7H3BrFN3O2/c8-6-3-2-10-11-7(3)4(9)1-5(6)12(13)14/h1-2H,(H,10,11). The van der Waals surface area contributed by atoms with Crippen LogP contribution in [0.25, 0.3) is 10.9 Å². The summed E-state index contributed by atoms with van der Waals surface area (Å²) in [6.45, 7) is 0. The number of nitro groups is 1. The number of nitrogens with one attached hydrogen (secondary N) is 1. The molecule has 2 rings (SSSR count). The molecule has 1 heterocycles. The van der Waals surface area contributed by atoms with Gasteiger partial charge in [0.05, 0.1) is 17.2 Å². The molecule has 7 heteroatoms. The van der Waals surface area contributed by atoms with Crippen molar-refractivity contribution < 1.29 is 9.31 Å². The summed E-state index contributed by atoms with van der Waals surface area (Å²) in [4.78, 5) is 9.86. The van der Waals surface area contributed by atoms with Crippen LogP contribution in [0, 0.1) is 15.9 Å². The molecule has 0 amide bonds. The van der Waals surface area contributed by atoms with Crippen LogP contribution in [0.2, 0.25) is 0 Å². The maximum absolute atomic E-state index is 13.2. The maximum atomic E-state index is 13.2. The van der Waals surface area contributed by atoms with Gasteiger partial charge in [-0.05, 0) is 15.9 Å². The highest BCUT2D eigenvalue weighted by atomic mass is 79.9. The topological polar surface area (TPSA) is 71.8 Å². The quantitative estimate of drug-likeness (QED) is 0.631. The molecule has 0 aliphatic carbocycles. The number of nitrogens with zero attached hydrogens (tertiary/aromatic N) is 2. The van der Waals surface area contributed by atoms with Crippen LogP contribution < -0.4 is 0 Å². The lowest BCUT2D eigenvalue weighted by Gasteiger charge is -1.97. The highest BCUT2D eigenvalue weighted by molar-refractivity contribution is 9.10. The van der Waals surface area contributed by atoms with Crippen LogP contribution in [0.3, 0.4) is 0 Å². The molecule has 1 aromatic heterocycles. The molecule has 72 valence electrons. The maximum Gasteiger partial charge on any atom is 0.287 e. The molecule has 1 N–H and O–H groups in total. The first-order valence-electron chi connectivity index (χ1n) is 3.56. The van der Waals surface area contributed by atoms with E-state index in [1.54, 1.807) is 0 Å². The number of hydrogen-bond donors (Lipinski definition) is 1. The van der Waals surface area contributed by atoms with Gasteiger partial charge in [-0.1, -0.05) is 0 Å². The highest BCUT2D eigenvalue weighted by Crippen LogP contribution is 2.33. The Hall–Kier alpha value is -1.50. The lowest BCUT2D eigenvalue weighted by atomic mass is 10.2. The van der Waals surface area contributed by atoms with E-state index in [0.29, 0.717) is 5.39 Å². The molecule has 0 spiro atoms. The molecule has 0 atom stereocenters. The Morgan fingerprint density at radius 1 is 1.64 bits per heavy atom. The predicted molar refractivity (Wildman–Crippen MR) is 50.4 cm³/mol. The molecule has 0 aliphatic rings. The van der Waals surface area contributed by atoms with Crippen molar-refractivity contribution in [3.05, 3.63) is 32.7 Å². The molecule has 0 radical (unpaired) electrons. The van der Waals surface area contributed by atoms with Crippen molar-refractivity contribution >= 4 is 32.5 Å². The van der Waals surface area contributed by atoms with Crippen molar-refractivity contribution in [1.82, 2.24) is 10.2 Å². The molecule has 14 heavy (non-hydrogen) atoms. The highest BCUT2D eigenvalue weighted by Gasteiger charge is 2.19. The zero-order chi connectivity index (χ0) is 10.3. The normalized spacial score (nSPS) is 10.7. The Labute approximate surface area is 85.2 Å². The predicted octanol–water partition coefficient (Wildman–Crippen LogP) is 2.37. The van der Waals surface area contributed by atoms with Gasteiger partial charge in [0, 0.05) is 5.39 Å². The number of benzene rings is 1. The molecule has 0 unspecified atom stereocenters. The van der Waals surface area contributed by atoms with Gasteiger partial charge >= 0.3 is 0 Å². The fraction of sp³-hybridized carbons (Fsp3) is 0. The summed E-state index contributed by atoms with van der Waals surface area (Å²) < 4.78 is 13.5. The van der Waals surface area contributed by atoms with Crippen molar-refractivity contribution in [2.45, 2.75) is 0 Å². The monoisotopic (exact) mass is 259 g/mol. The molecule has 5 nitrogen and oxygen atoms in total. The van der Waals surface area contributed by atoms with Gasteiger partial charge in [0.15, 0.2) is 5.82 Å². The average molecular weight is 260 g/mol. The largest absolute Gasteiger partial charge is 0.287 e. The summed E-state index contributed by atoms with van der Waals surface area (Å²) in [5.41, 5.74) is -0.154. The van der Waals surface area contributed by atoms with E-state index in [9.17, 15) is 14.5 Å². The number of H-pyrrole nitrogens is 1. The van der Waals surface area contributed by atoms with Crippen LogP contribution in [0.1, 0.15) is 0 Å². The number of halogens is 2. The minimum atomic E-state index is -0.688. The van der Waals surface area contributed by atoms with Gasteiger partial charge in [0.25, 0.3) is 5.69 Å². The third-order valence-corrected chi connectivity index (χ3v) is 2.63. The fourth-order valence-corrected chi connectivity index (χ4v) is 1.72. The Bertz CT molecular complexity index is 525. The van der Waals surface area contributed by atoms with Crippen LogP contribution in [-0.4, -0.2) is 15.1 Å². The number of hydrogen-bond acceptors (Lipinski definition) is 3. The van der Waals surface area contributed by atoms with Crippen LogP contribution in [0.4, 0.5) is 10.1 Å². The Morgan fingerprint density at radius 3 is 3.00 bits per heavy atom. The van der Waals surface area contributed by atoms with E-state index in [1.165, 1.54) is 6.20 Å². The summed E-state index contributed by atoms with van der Waals surface area (Å²) in [5, 5.41) is 16.9. The number of nitro benzene ring substituents is 1. The van der Waals surface area contributed by atoms with Crippen molar-refractivity contribution in [1.29, 1.82) is 0 Å². The van der Waals surface area contributed by atoms with E-state index in [4.69, 9.17) is 0 Å². The second-order valence-corrected chi connectivity index (χ2v) is 3.40. The molecule has 0 fully saturated rings. The molecule has 2 aromatic rings. The second kappa shape index (κ2) is 3.02. The first-order valence-corrected chi connectivity index (χ1v) is 4.36. The van der Waals surface area contributed by atoms with Crippen LogP contribution in [0.5, 0.6) is 0 Å². The van der Waals surface area contributed by atoms with Gasteiger partial charge in [0.1, 0.15) is 9.99 Å². The smallest absolute Gasteiger partial charge is 0.275 e. The Balaban J connectivity index is 2.88. The van der Waals surface area contributed by atoms with Crippen molar-refractivity contribution in [3.63, 3.8) is 0 Å². The lowest BCUT2D eigenvalue weighted by Crippen LogP contribution is -1.91. The number of aromatic nitrogens is 2. The molecule has 1 aromatic carbocycles. The third-order valence-electron chi connectivity index (χ3n) is 1.80. The Morgan fingerprint density at radius 2 is 2.36 bits per heavy atom. The van der Waals surface area contributed by atoms with Gasteiger partial charge < -0.3 is 0 Å². The summed E-state index contributed by atoms with van der Waals surface area (Å²) in [7, 11) is 0. The van der Waals surface area contributed by atoms with Crippen molar-refractivity contribution in [2.24, 2.45) is 0 Å². The molecular weight excluding hydrogens is 257 g/mol. The van der Waals surface area contributed by atoms with Gasteiger partial charge in [-0.25, -0.2) is 4.39 Å². The number of aromatic amines is 1. The van der Waals surface area contributed by atoms with E-state index >= 15 is 0 Å². The minimum absolute atomic E-state index is 0.155. The minimum Gasteiger partial charge on any atom is -0.275 e. The van der Waals surface area contributed by atoms with Gasteiger partial charge in [-0.2, -0.15) is 5.10 Å². The van der Waals surface area contributed by atoms with E-state index < -0.39 is 10.7 Å². The van der Waals surface area contributed by atoms with E-state index in [2.05, 4.69) is 26.1 Å². The summed E-state index contributed by atoms with van der Waals surface area (Å²) in [5.74, 6) is -0.688. The summed E-state index contributed by atoms with van der Waals surface area (Å²) in [6, 6.07) is 0.852. The number of fused-ring (bicyclic) bond motifs is 1. The summed E-state index contributed by atoms with van der Waals surface area (Å²) in [6.07, 6.45) is 1.33. The third kappa shape index (κ3) is 1.17. The van der Waals surface area contributed by atoms with E-state index in [1.807, 2.05) is 0 Å². The fourth-order valence-electron chi connectivity index (χ4n) is 1.16. The van der Waals surface area contributed by atoms with Crippen LogP contribution in [0.15, 0.2) is 16.7 Å². The first kappa shape index (κ1) is 9.07. The molecular formula is C7H3BrFN3O2. The van der Waals surface area contributed by atoms with Gasteiger partial charge in [0.2, 0.25) is 0 Å². The lowest BCUT2D eigenvalue weighted by molar-refractivity contribution is -0.385. The summed E-state index contributed by atoms with van der Waals surface area (Å²) >= 11 is 3.03. The SMILES string of the molecule is O=[N+]([O-])c1cc(F)c2[nH]ncc2c1Br. The van der Waals surface area contributed by atoms with Gasteiger partial charge in [-0.15, -0.1) is 0 Å². The van der Waals surface area contributed by atoms with Crippen molar-refractivity contribution in [2.75, 3.05) is 0 Å². The average Bonchev–Trinajstić information content (AvgIpc) is 2.59.